The number of hydrogen-bond donors (Lipinski definition) is 0. The second-order valence-corrected chi connectivity index (χ2v) is 3.54. The third-order valence-corrected chi connectivity index (χ3v) is 2.69. The van der Waals surface area contributed by atoms with Crippen molar-refractivity contribution in [1.82, 2.24) is 9.55 Å². The van der Waals surface area contributed by atoms with Gasteiger partial charge in [-0.15, -0.1) is 0 Å². The van der Waals surface area contributed by atoms with E-state index in [1.54, 1.807) is 6.07 Å². The zero-order chi connectivity index (χ0) is 9.54. The third kappa shape index (κ3) is 0.981. The van der Waals surface area contributed by atoms with Gasteiger partial charge in [-0.2, -0.15) is 0 Å². The lowest BCUT2D eigenvalue weighted by Crippen LogP contribution is -2.09. The van der Waals surface area contributed by atoms with Crippen LogP contribution in [-0.4, -0.2) is 9.55 Å². The molecule has 0 saturated carbocycles. The van der Waals surface area contributed by atoms with E-state index in [2.05, 4.69) is 15.6 Å². The predicted molar refractivity (Wildman–Crippen MR) is 52.7 cm³/mol. The van der Waals surface area contributed by atoms with Gasteiger partial charge in [0.25, 0.3) is 0 Å². The number of hydrogen-bond acceptors (Lipinski definition) is 1. The molecule has 0 spiro atoms. The highest BCUT2D eigenvalue weighted by atomic mass is 15.1. The quantitative estimate of drug-likeness (QED) is 0.598. The lowest BCUT2D eigenvalue weighted by atomic mass is 10.2. The van der Waals surface area contributed by atoms with Gasteiger partial charge >= 0.3 is 0 Å². The van der Waals surface area contributed by atoms with Crippen LogP contribution in [0, 0.1) is 0 Å². The van der Waals surface area contributed by atoms with Gasteiger partial charge in [0.1, 0.15) is 5.82 Å². The van der Waals surface area contributed by atoms with E-state index in [0.29, 0.717) is 6.04 Å². The van der Waals surface area contributed by atoms with Crippen molar-refractivity contribution >= 4 is 11.0 Å². The minimum atomic E-state index is 0.546. The molecule has 3 rings (SSSR count). The standard InChI is InChI=1S/C11H12N2/c1-2-6-10-9(5-1)12-11-7-3-4-8-13(10)11/h1-2,5-6H,3-4,7-8H2/i5D. The van der Waals surface area contributed by atoms with Crippen LogP contribution in [0.1, 0.15) is 20.0 Å². The summed E-state index contributed by atoms with van der Waals surface area (Å²) in [5.74, 6) is 1.16. The Morgan fingerprint density at radius 3 is 3.38 bits per heavy atom. The van der Waals surface area contributed by atoms with Crippen LogP contribution in [-0.2, 0) is 13.0 Å². The molecule has 0 atom stereocenters. The molecule has 1 aromatic heterocycles. The molecule has 0 unspecified atom stereocenters. The molecule has 1 aromatic carbocycles. The summed E-state index contributed by atoms with van der Waals surface area (Å²) in [7, 11) is 0. The molecule has 1 aliphatic rings. The highest BCUT2D eigenvalue weighted by Gasteiger charge is 2.12. The van der Waals surface area contributed by atoms with Crippen molar-refractivity contribution in [2.45, 2.75) is 25.8 Å². The van der Waals surface area contributed by atoms with Crippen molar-refractivity contribution < 1.29 is 1.37 Å². The van der Waals surface area contributed by atoms with Gasteiger partial charge < -0.3 is 4.57 Å². The van der Waals surface area contributed by atoms with Crippen LogP contribution >= 0.6 is 0 Å². The topological polar surface area (TPSA) is 17.8 Å². The molecule has 2 heteroatoms. The van der Waals surface area contributed by atoms with E-state index in [0.717, 1.165) is 29.8 Å². The summed E-state index contributed by atoms with van der Waals surface area (Å²) in [4.78, 5) is 4.53. The Labute approximate surface area is 78.6 Å². The number of nitrogens with zero attached hydrogens (tertiary/aromatic N) is 2. The fourth-order valence-corrected chi connectivity index (χ4v) is 2.05. The first-order valence-electron chi connectivity index (χ1n) is 5.31. The maximum absolute atomic E-state index is 7.77. The van der Waals surface area contributed by atoms with E-state index in [1.165, 1.54) is 12.8 Å². The van der Waals surface area contributed by atoms with Crippen LogP contribution in [0.4, 0.5) is 0 Å². The molecule has 0 N–H and O–H groups in total. The number of imidazole rings is 1. The number of rotatable bonds is 0. The molecule has 1 aliphatic heterocycles. The van der Waals surface area contributed by atoms with Crippen LogP contribution in [0.2, 0.25) is 0 Å². The molecule has 0 saturated heterocycles. The molecule has 0 aliphatic carbocycles. The average molecular weight is 173 g/mol. The van der Waals surface area contributed by atoms with E-state index < -0.39 is 0 Å². The maximum Gasteiger partial charge on any atom is 0.109 e. The second kappa shape index (κ2) is 2.59. The smallest absolute Gasteiger partial charge is 0.109 e. The molecule has 0 radical (unpaired) electrons. The SMILES string of the molecule is [2H]c1cccc2c1nc1n2CCCC1. The lowest BCUT2D eigenvalue weighted by Gasteiger charge is -2.13. The molecule has 0 bridgehead atoms. The highest BCUT2D eigenvalue weighted by molar-refractivity contribution is 5.75. The number of fused-ring (bicyclic) bond motifs is 3. The summed E-state index contributed by atoms with van der Waals surface area (Å²) in [6, 6.07) is 6.36. The molecule has 0 amide bonds. The summed E-state index contributed by atoms with van der Waals surface area (Å²) < 4.78 is 10.0. The molecule has 0 fully saturated rings. The number of para-hydroxylation sites is 2. The van der Waals surface area contributed by atoms with Crippen LogP contribution < -0.4 is 0 Å². The van der Waals surface area contributed by atoms with Crippen molar-refractivity contribution in [3.8, 4) is 0 Å². The molecular formula is C11H12N2. The Balaban J connectivity index is 2.36. The summed E-state index contributed by atoms with van der Waals surface area (Å²) in [6.07, 6.45) is 3.53. The average Bonchev–Trinajstić information content (AvgIpc) is 2.59. The number of benzene rings is 1. The maximum atomic E-state index is 7.77. The first kappa shape index (κ1) is 6.19. The largest absolute Gasteiger partial charge is 0.328 e. The molecule has 2 heterocycles. The van der Waals surface area contributed by atoms with Gasteiger partial charge in [-0.25, -0.2) is 4.98 Å². The van der Waals surface area contributed by atoms with Gasteiger partial charge in [0.2, 0.25) is 0 Å². The van der Waals surface area contributed by atoms with Crippen LogP contribution in [0.3, 0.4) is 0 Å². The summed E-state index contributed by atoms with van der Waals surface area (Å²) >= 11 is 0. The molecular weight excluding hydrogens is 160 g/mol. The van der Waals surface area contributed by atoms with Crippen molar-refractivity contribution in [3.05, 3.63) is 30.1 Å². The number of aryl methyl sites for hydroxylation is 2. The monoisotopic (exact) mass is 173 g/mol. The highest BCUT2D eigenvalue weighted by Crippen LogP contribution is 2.21. The Morgan fingerprint density at radius 1 is 1.38 bits per heavy atom. The Kier molecular flexibility index (Phi) is 1.23. The van der Waals surface area contributed by atoms with E-state index in [9.17, 15) is 0 Å². The van der Waals surface area contributed by atoms with Gasteiger partial charge in [-0.3, -0.25) is 0 Å². The summed E-state index contributed by atoms with van der Waals surface area (Å²) in [5.41, 5.74) is 2.00. The van der Waals surface area contributed by atoms with Gasteiger partial charge in [0.05, 0.1) is 12.4 Å². The summed E-state index contributed by atoms with van der Waals surface area (Å²) in [6.45, 7) is 1.06. The normalized spacial score (nSPS) is 17.1. The first-order valence-corrected chi connectivity index (χ1v) is 4.81. The Bertz CT molecular complexity index is 487. The van der Waals surface area contributed by atoms with Crippen LogP contribution in [0.15, 0.2) is 24.2 Å². The molecule has 66 valence electrons. The van der Waals surface area contributed by atoms with E-state index in [4.69, 9.17) is 1.37 Å². The molecule has 2 nitrogen and oxygen atoms in total. The predicted octanol–water partition coefficient (Wildman–Crippen LogP) is 2.37. The number of aromatic nitrogens is 2. The fourth-order valence-electron chi connectivity index (χ4n) is 2.05. The zero-order valence-electron chi connectivity index (χ0n) is 8.45. The van der Waals surface area contributed by atoms with Crippen molar-refractivity contribution in [2.24, 2.45) is 0 Å². The third-order valence-electron chi connectivity index (χ3n) is 2.69. The van der Waals surface area contributed by atoms with Crippen molar-refractivity contribution in [2.75, 3.05) is 0 Å². The lowest BCUT2D eigenvalue weighted by molar-refractivity contribution is 0.533. The van der Waals surface area contributed by atoms with Gasteiger partial charge in [0.15, 0.2) is 0 Å². The fraction of sp³-hybridized carbons (Fsp3) is 0.364. The second-order valence-electron chi connectivity index (χ2n) is 3.54. The Hall–Kier alpha value is -1.31. The van der Waals surface area contributed by atoms with Crippen LogP contribution in [0.5, 0.6) is 0 Å². The minimum absolute atomic E-state index is 0.546. The van der Waals surface area contributed by atoms with Gasteiger partial charge in [0, 0.05) is 13.0 Å². The van der Waals surface area contributed by atoms with E-state index in [-0.39, 0.29) is 0 Å². The summed E-state index contributed by atoms with van der Waals surface area (Å²) in [5, 5.41) is 0. The van der Waals surface area contributed by atoms with E-state index in [1.807, 2.05) is 6.07 Å². The van der Waals surface area contributed by atoms with E-state index >= 15 is 0 Å². The first-order chi connectivity index (χ1) is 6.86. The zero-order valence-corrected chi connectivity index (χ0v) is 7.45. The Morgan fingerprint density at radius 2 is 2.38 bits per heavy atom. The van der Waals surface area contributed by atoms with Gasteiger partial charge in [-0.05, 0) is 25.0 Å². The van der Waals surface area contributed by atoms with Crippen molar-refractivity contribution in [3.63, 3.8) is 0 Å². The van der Waals surface area contributed by atoms with Crippen LogP contribution in [0.25, 0.3) is 11.0 Å². The molecule has 2 aromatic rings. The minimum Gasteiger partial charge on any atom is -0.328 e. The van der Waals surface area contributed by atoms with Crippen molar-refractivity contribution in [1.29, 1.82) is 0 Å². The molecule has 13 heavy (non-hydrogen) atoms. The van der Waals surface area contributed by atoms with Gasteiger partial charge in [-0.1, -0.05) is 12.1 Å².